The Kier molecular flexibility index (Phi) is 5.96. The Bertz CT molecular complexity index is 1080. The first kappa shape index (κ1) is 21.3. The molecule has 0 bridgehead atoms. The lowest BCUT2D eigenvalue weighted by atomic mass is 9.81. The van der Waals surface area contributed by atoms with Gasteiger partial charge in [-0.1, -0.05) is 44.2 Å². The van der Waals surface area contributed by atoms with Crippen molar-refractivity contribution in [3.05, 3.63) is 87.1 Å². The zero-order valence-electron chi connectivity index (χ0n) is 18.4. The number of anilines is 1. The fourth-order valence-electron chi connectivity index (χ4n) is 4.51. The largest absolute Gasteiger partial charge is 0.329 e. The molecule has 0 fully saturated rings. The van der Waals surface area contributed by atoms with Gasteiger partial charge < -0.3 is 10.2 Å². The van der Waals surface area contributed by atoms with Crippen molar-refractivity contribution < 1.29 is 9.59 Å². The predicted molar refractivity (Wildman–Crippen MR) is 127 cm³/mol. The van der Waals surface area contributed by atoms with Crippen molar-refractivity contribution in [2.75, 3.05) is 11.9 Å². The van der Waals surface area contributed by atoms with Crippen molar-refractivity contribution in [3.63, 3.8) is 0 Å². The van der Waals surface area contributed by atoms with Crippen molar-refractivity contribution >= 4 is 28.8 Å². The first-order valence-electron chi connectivity index (χ1n) is 10.7. The standard InChI is InChI=1S/C26H28N2O2S/c1-16(2)15-28-24(22-10-7-11-31-22)23(20-8-5-6-9-21(20)26(28)30)25(29)27-19-13-17(3)12-18(4)14-19/h5-14,16,23-24H,15H2,1-4H3,(H,27,29). The molecule has 2 amide bonds. The number of fused-ring (bicyclic) bond motifs is 1. The summed E-state index contributed by atoms with van der Waals surface area (Å²) in [6.45, 7) is 8.85. The molecule has 3 aromatic rings. The van der Waals surface area contributed by atoms with Crippen LogP contribution in [0.3, 0.4) is 0 Å². The first-order valence-corrected chi connectivity index (χ1v) is 11.6. The second-order valence-electron chi connectivity index (χ2n) is 8.74. The Hall–Kier alpha value is -2.92. The molecule has 4 nitrogen and oxygen atoms in total. The third-order valence-corrected chi connectivity index (χ3v) is 6.55. The van der Waals surface area contributed by atoms with Gasteiger partial charge in [0.1, 0.15) is 0 Å². The summed E-state index contributed by atoms with van der Waals surface area (Å²) in [6.07, 6.45) is 0. The summed E-state index contributed by atoms with van der Waals surface area (Å²) in [5.74, 6) is -0.276. The number of aryl methyl sites for hydroxylation is 2. The Balaban J connectivity index is 1.82. The molecule has 0 aliphatic carbocycles. The van der Waals surface area contributed by atoms with E-state index in [4.69, 9.17) is 0 Å². The average molecular weight is 433 g/mol. The predicted octanol–water partition coefficient (Wildman–Crippen LogP) is 5.94. The third-order valence-electron chi connectivity index (χ3n) is 5.61. The number of carbonyl (C=O) groups excluding carboxylic acids is 2. The summed E-state index contributed by atoms with van der Waals surface area (Å²) in [5.41, 5.74) is 4.41. The lowest BCUT2D eigenvalue weighted by Crippen LogP contribution is -2.47. The highest BCUT2D eigenvalue weighted by molar-refractivity contribution is 7.10. The third kappa shape index (κ3) is 4.28. The topological polar surface area (TPSA) is 49.4 Å². The van der Waals surface area contributed by atoms with Crippen molar-refractivity contribution in [2.24, 2.45) is 5.92 Å². The van der Waals surface area contributed by atoms with Gasteiger partial charge >= 0.3 is 0 Å². The smallest absolute Gasteiger partial charge is 0.254 e. The number of nitrogens with one attached hydrogen (secondary N) is 1. The second-order valence-corrected chi connectivity index (χ2v) is 9.72. The summed E-state index contributed by atoms with van der Waals surface area (Å²) in [6, 6.07) is 17.3. The molecule has 0 saturated carbocycles. The normalized spacial score (nSPS) is 18.2. The first-order chi connectivity index (χ1) is 14.8. The molecule has 2 unspecified atom stereocenters. The fraction of sp³-hybridized carbons (Fsp3) is 0.308. The van der Waals surface area contributed by atoms with Crippen LogP contribution in [0.25, 0.3) is 0 Å². The quantitative estimate of drug-likeness (QED) is 0.542. The van der Waals surface area contributed by atoms with Crippen LogP contribution in [0.2, 0.25) is 0 Å². The van der Waals surface area contributed by atoms with Crippen LogP contribution in [-0.4, -0.2) is 23.3 Å². The van der Waals surface area contributed by atoms with Gasteiger partial charge in [0.25, 0.3) is 5.91 Å². The summed E-state index contributed by atoms with van der Waals surface area (Å²) in [4.78, 5) is 30.1. The van der Waals surface area contributed by atoms with E-state index in [0.717, 1.165) is 27.3 Å². The van der Waals surface area contributed by atoms with Crippen molar-refractivity contribution in [1.82, 2.24) is 4.90 Å². The molecule has 160 valence electrons. The molecule has 2 heterocycles. The highest BCUT2D eigenvalue weighted by Gasteiger charge is 2.44. The lowest BCUT2D eigenvalue weighted by Gasteiger charge is -2.42. The number of benzene rings is 2. The van der Waals surface area contributed by atoms with E-state index in [1.807, 2.05) is 72.7 Å². The maximum atomic E-state index is 13.8. The van der Waals surface area contributed by atoms with Crippen LogP contribution in [0, 0.1) is 19.8 Å². The molecular weight excluding hydrogens is 404 g/mol. The number of rotatable bonds is 5. The summed E-state index contributed by atoms with van der Waals surface area (Å²) in [5, 5.41) is 5.15. The van der Waals surface area contributed by atoms with Crippen molar-refractivity contribution in [3.8, 4) is 0 Å². The van der Waals surface area contributed by atoms with Crippen LogP contribution in [0.1, 0.15) is 57.7 Å². The second kappa shape index (κ2) is 8.67. The number of thiophene rings is 1. The Morgan fingerprint density at radius 3 is 2.42 bits per heavy atom. The molecule has 1 N–H and O–H groups in total. The molecule has 0 saturated heterocycles. The molecular formula is C26H28N2O2S. The van der Waals surface area contributed by atoms with E-state index in [-0.39, 0.29) is 17.9 Å². The van der Waals surface area contributed by atoms with Crippen molar-refractivity contribution in [2.45, 2.75) is 39.7 Å². The number of hydrogen-bond donors (Lipinski definition) is 1. The van der Waals surface area contributed by atoms with Gasteiger partial charge in [-0.3, -0.25) is 9.59 Å². The Labute approximate surface area is 187 Å². The van der Waals surface area contributed by atoms with E-state index in [1.54, 1.807) is 11.3 Å². The van der Waals surface area contributed by atoms with Gasteiger partial charge in [0, 0.05) is 22.7 Å². The van der Waals surface area contributed by atoms with E-state index in [0.29, 0.717) is 18.0 Å². The fourth-order valence-corrected chi connectivity index (χ4v) is 5.39. The summed E-state index contributed by atoms with van der Waals surface area (Å²) in [7, 11) is 0. The van der Waals surface area contributed by atoms with E-state index in [9.17, 15) is 9.59 Å². The van der Waals surface area contributed by atoms with E-state index in [2.05, 4.69) is 25.2 Å². The molecule has 4 rings (SSSR count). The maximum Gasteiger partial charge on any atom is 0.254 e. The van der Waals surface area contributed by atoms with E-state index in [1.165, 1.54) is 0 Å². The zero-order valence-corrected chi connectivity index (χ0v) is 19.2. The molecule has 1 aromatic heterocycles. The van der Waals surface area contributed by atoms with Gasteiger partial charge in [0.05, 0.1) is 12.0 Å². The molecule has 2 aromatic carbocycles. The Morgan fingerprint density at radius 1 is 1.06 bits per heavy atom. The van der Waals surface area contributed by atoms with Gasteiger partial charge in [0.15, 0.2) is 0 Å². The van der Waals surface area contributed by atoms with E-state index >= 15 is 0 Å². The van der Waals surface area contributed by atoms with Crippen LogP contribution in [0.5, 0.6) is 0 Å². The van der Waals surface area contributed by atoms with Gasteiger partial charge in [-0.25, -0.2) is 0 Å². The van der Waals surface area contributed by atoms with Crippen LogP contribution in [0.15, 0.2) is 60.0 Å². The highest BCUT2D eigenvalue weighted by atomic mass is 32.1. The molecule has 1 aliphatic heterocycles. The number of nitrogens with zero attached hydrogens (tertiary/aromatic N) is 1. The maximum absolute atomic E-state index is 13.8. The van der Waals surface area contributed by atoms with Crippen LogP contribution < -0.4 is 5.32 Å². The van der Waals surface area contributed by atoms with Gasteiger partial charge in [0.2, 0.25) is 5.91 Å². The molecule has 0 spiro atoms. The molecule has 1 aliphatic rings. The van der Waals surface area contributed by atoms with Crippen LogP contribution in [-0.2, 0) is 4.79 Å². The van der Waals surface area contributed by atoms with Gasteiger partial charge in [-0.05, 0) is 66.1 Å². The SMILES string of the molecule is Cc1cc(C)cc(NC(=O)C2c3ccccc3C(=O)N(CC(C)C)C2c2cccs2)c1. The molecule has 5 heteroatoms. The molecule has 0 radical (unpaired) electrons. The summed E-state index contributed by atoms with van der Waals surface area (Å²) < 4.78 is 0. The lowest BCUT2D eigenvalue weighted by molar-refractivity contribution is -0.119. The van der Waals surface area contributed by atoms with Gasteiger partial charge in [-0.15, -0.1) is 11.3 Å². The van der Waals surface area contributed by atoms with E-state index < -0.39 is 5.92 Å². The Morgan fingerprint density at radius 2 is 1.77 bits per heavy atom. The van der Waals surface area contributed by atoms with Crippen LogP contribution >= 0.6 is 11.3 Å². The number of amides is 2. The number of carbonyl (C=O) groups is 2. The van der Waals surface area contributed by atoms with Gasteiger partial charge in [-0.2, -0.15) is 0 Å². The van der Waals surface area contributed by atoms with Crippen LogP contribution in [0.4, 0.5) is 5.69 Å². The zero-order chi connectivity index (χ0) is 22.1. The minimum Gasteiger partial charge on any atom is -0.329 e. The monoisotopic (exact) mass is 432 g/mol. The minimum atomic E-state index is -0.480. The molecule has 31 heavy (non-hydrogen) atoms. The van der Waals surface area contributed by atoms with Crippen molar-refractivity contribution in [1.29, 1.82) is 0 Å². The summed E-state index contributed by atoms with van der Waals surface area (Å²) >= 11 is 1.60. The highest BCUT2D eigenvalue weighted by Crippen LogP contribution is 2.45. The minimum absolute atomic E-state index is 0.00171. The number of hydrogen-bond acceptors (Lipinski definition) is 3. The molecule has 2 atom stereocenters. The average Bonchev–Trinajstić information content (AvgIpc) is 3.23.